The van der Waals surface area contributed by atoms with Crippen LogP contribution in [-0.4, -0.2) is 42.4 Å². The standard InChI is InChI=1S/C4H8O3.C2H7NO3S.Na/c1-3(5)2-4(6)7;3-1-2-7(4,5)6;/h3,5H,2H2,1H3,(H,6,7);1-3H2,(H,4,5,6);/q;;+1/p-1. The molecule has 0 spiro atoms. The molecule has 4 N–H and O–H groups in total. The molecule has 0 heterocycles. The maximum atomic E-state index is 9.71. The van der Waals surface area contributed by atoms with Crippen molar-refractivity contribution in [1.29, 1.82) is 0 Å². The molecule has 86 valence electrons. The zero-order valence-corrected chi connectivity index (χ0v) is 11.5. The van der Waals surface area contributed by atoms with Crippen molar-refractivity contribution in [1.82, 2.24) is 0 Å². The Labute approximate surface area is 111 Å². The number of rotatable bonds is 4. The number of hydrogen-bond donors (Lipinski definition) is 3. The molecule has 0 aliphatic carbocycles. The van der Waals surface area contributed by atoms with Gasteiger partial charge in [0.1, 0.15) is 0 Å². The molecule has 0 aliphatic heterocycles. The molecule has 7 nitrogen and oxygen atoms in total. The Bertz CT molecular complexity index is 252. The molecule has 1 atom stereocenters. The predicted octanol–water partition coefficient (Wildman–Crippen LogP) is -5.66. The Kier molecular flexibility index (Phi) is 14.9. The first-order valence-corrected chi connectivity index (χ1v) is 5.33. The molecular weight excluding hydrogens is 237 g/mol. The van der Waals surface area contributed by atoms with E-state index in [1.165, 1.54) is 6.92 Å². The van der Waals surface area contributed by atoms with Gasteiger partial charge in [-0.15, -0.1) is 0 Å². The molecule has 0 aromatic heterocycles. The minimum atomic E-state index is -3.80. The Morgan fingerprint density at radius 3 is 1.93 bits per heavy atom. The van der Waals surface area contributed by atoms with Gasteiger partial charge in [0, 0.05) is 18.9 Å². The summed E-state index contributed by atoms with van der Waals surface area (Å²) in [5.41, 5.74) is 4.78. The number of aliphatic hydroxyl groups is 1. The molecule has 15 heavy (non-hydrogen) atoms. The van der Waals surface area contributed by atoms with Crippen LogP contribution in [0.1, 0.15) is 13.3 Å². The average molecular weight is 251 g/mol. The fourth-order valence-corrected chi connectivity index (χ4v) is 0.688. The van der Waals surface area contributed by atoms with Gasteiger partial charge in [-0.3, -0.25) is 4.55 Å². The molecule has 0 radical (unpaired) electrons. The summed E-state index contributed by atoms with van der Waals surface area (Å²) < 4.78 is 27.3. The van der Waals surface area contributed by atoms with E-state index in [-0.39, 0.29) is 48.3 Å². The monoisotopic (exact) mass is 251 g/mol. The van der Waals surface area contributed by atoms with E-state index in [0.717, 1.165) is 0 Å². The molecule has 0 fully saturated rings. The van der Waals surface area contributed by atoms with Gasteiger partial charge in [-0.1, -0.05) is 0 Å². The molecule has 0 aliphatic rings. The van der Waals surface area contributed by atoms with Crippen molar-refractivity contribution in [3.8, 4) is 0 Å². The molecule has 0 aromatic carbocycles. The molecule has 9 heteroatoms. The largest absolute Gasteiger partial charge is 1.00 e. The first-order valence-electron chi connectivity index (χ1n) is 3.72. The summed E-state index contributed by atoms with van der Waals surface area (Å²) in [6.45, 7) is 1.37. The number of carbonyl (C=O) groups is 1. The number of carboxylic acids is 1. The van der Waals surface area contributed by atoms with Crippen molar-refractivity contribution in [3.63, 3.8) is 0 Å². The summed E-state index contributed by atoms with van der Waals surface area (Å²) >= 11 is 0. The third-order valence-corrected chi connectivity index (χ3v) is 1.59. The van der Waals surface area contributed by atoms with E-state index in [4.69, 9.17) is 15.4 Å². The summed E-state index contributed by atoms with van der Waals surface area (Å²) in [6.07, 6.45) is -1.06. The van der Waals surface area contributed by atoms with Crippen LogP contribution in [0.25, 0.3) is 0 Å². The first-order chi connectivity index (χ1) is 6.19. The molecule has 0 aromatic rings. The summed E-state index contributed by atoms with van der Waals surface area (Å²) in [5, 5.41) is 17.8. The minimum Gasteiger partial charge on any atom is -0.550 e. The number of nitrogens with two attached hydrogens (primary N) is 1. The van der Waals surface area contributed by atoms with Crippen LogP contribution in [0.2, 0.25) is 0 Å². The summed E-state index contributed by atoms with van der Waals surface area (Å²) in [5.74, 6) is -1.57. The van der Waals surface area contributed by atoms with Gasteiger partial charge in [0.15, 0.2) is 0 Å². The minimum absolute atomic E-state index is 0. The molecule has 0 bridgehead atoms. The number of aliphatic carboxylic acids is 1. The molecule has 0 saturated heterocycles. The van der Waals surface area contributed by atoms with Crippen LogP contribution in [0.15, 0.2) is 0 Å². The number of hydrogen-bond acceptors (Lipinski definition) is 6. The third kappa shape index (κ3) is 31.4. The SMILES string of the molecule is CC(O)CC(=O)[O-].NCCS(=O)(=O)O.[Na+]. The van der Waals surface area contributed by atoms with Gasteiger partial charge < -0.3 is 20.7 Å². The molecule has 1 unspecified atom stereocenters. The molecule has 0 amide bonds. The first kappa shape index (κ1) is 20.7. The van der Waals surface area contributed by atoms with Crippen molar-refractivity contribution in [2.75, 3.05) is 12.3 Å². The maximum Gasteiger partial charge on any atom is 1.00 e. The van der Waals surface area contributed by atoms with Crippen LogP contribution in [-0.2, 0) is 14.9 Å². The van der Waals surface area contributed by atoms with E-state index in [0.29, 0.717) is 0 Å². The quantitative estimate of drug-likeness (QED) is 0.334. The number of aliphatic hydroxyl groups excluding tert-OH is 1. The van der Waals surface area contributed by atoms with Crippen molar-refractivity contribution in [3.05, 3.63) is 0 Å². The molecular formula is C6H14NNaO6S. The van der Waals surface area contributed by atoms with Gasteiger partial charge in [0.05, 0.1) is 11.9 Å². The topological polar surface area (TPSA) is 141 Å². The zero-order valence-electron chi connectivity index (χ0n) is 8.71. The summed E-state index contributed by atoms with van der Waals surface area (Å²) in [6, 6.07) is 0. The number of carboxylic acid groups (broad SMARTS) is 1. The smallest absolute Gasteiger partial charge is 0.550 e. The second-order valence-corrected chi connectivity index (χ2v) is 4.07. The Balaban J connectivity index is -0.000000180. The third-order valence-electron chi connectivity index (χ3n) is 0.838. The van der Waals surface area contributed by atoms with Gasteiger partial charge >= 0.3 is 29.6 Å². The second kappa shape index (κ2) is 10.8. The van der Waals surface area contributed by atoms with Crippen molar-refractivity contribution in [2.24, 2.45) is 5.73 Å². The van der Waals surface area contributed by atoms with Gasteiger partial charge in [-0.2, -0.15) is 8.42 Å². The molecule has 0 rings (SSSR count). The summed E-state index contributed by atoms with van der Waals surface area (Å²) in [7, 11) is -3.80. The zero-order chi connectivity index (χ0) is 11.8. The van der Waals surface area contributed by atoms with Crippen molar-refractivity contribution >= 4 is 16.1 Å². The predicted molar refractivity (Wildman–Crippen MR) is 46.8 cm³/mol. The van der Waals surface area contributed by atoms with Crippen LogP contribution in [0, 0.1) is 0 Å². The van der Waals surface area contributed by atoms with E-state index < -0.39 is 22.2 Å². The maximum absolute atomic E-state index is 9.71. The van der Waals surface area contributed by atoms with Crippen molar-refractivity contribution in [2.45, 2.75) is 19.4 Å². The fourth-order valence-electron chi connectivity index (χ4n) is 0.390. The van der Waals surface area contributed by atoms with E-state index >= 15 is 0 Å². The van der Waals surface area contributed by atoms with Crippen LogP contribution in [0.4, 0.5) is 0 Å². The molecule has 0 saturated carbocycles. The Morgan fingerprint density at radius 1 is 1.53 bits per heavy atom. The summed E-state index contributed by atoms with van der Waals surface area (Å²) in [4.78, 5) is 9.54. The van der Waals surface area contributed by atoms with Gasteiger partial charge in [0.25, 0.3) is 10.1 Å². The van der Waals surface area contributed by atoms with E-state index in [9.17, 15) is 18.3 Å². The average Bonchev–Trinajstić information content (AvgIpc) is 1.80. The second-order valence-electron chi connectivity index (χ2n) is 2.50. The van der Waals surface area contributed by atoms with E-state index in [1.807, 2.05) is 0 Å². The van der Waals surface area contributed by atoms with Gasteiger partial charge in [-0.05, 0) is 6.92 Å². The van der Waals surface area contributed by atoms with Gasteiger partial charge in [-0.25, -0.2) is 0 Å². The van der Waals surface area contributed by atoms with Crippen molar-refractivity contribution < 1.29 is 57.5 Å². The van der Waals surface area contributed by atoms with Gasteiger partial charge in [0.2, 0.25) is 0 Å². The Morgan fingerprint density at radius 2 is 1.93 bits per heavy atom. The van der Waals surface area contributed by atoms with E-state index in [2.05, 4.69) is 0 Å². The normalized spacial score (nSPS) is 11.7. The fraction of sp³-hybridized carbons (Fsp3) is 0.833. The van der Waals surface area contributed by atoms with Crippen LogP contribution < -0.4 is 40.4 Å². The van der Waals surface area contributed by atoms with Crippen LogP contribution >= 0.6 is 0 Å². The van der Waals surface area contributed by atoms with Crippen LogP contribution in [0.5, 0.6) is 0 Å². The number of carbonyl (C=O) groups excluding carboxylic acids is 1. The Hall–Kier alpha value is 0.300. The van der Waals surface area contributed by atoms with E-state index in [1.54, 1.807) is 0 Å². The van der Waals surface area contributed by atoms with Crippen LogP contribution in [0.3, 0.4) is 0 Å².